The Morgan fingerprint density at radius 1 is 1.17 bits per heavy atom. The van der Waals surface area contributed by atoms with Crippen LogP contribution in [0.3, 0.4) is 0 Å². The highest BCUT2D eigenvalue weighted by atomic mass is 19.1. The van der Waals surface area contributed by atoms with E-state index >= 15 is 0 Å². The molecule has 1 aromatic carbocycles. The number of benzene rings is 1. The third-order valence-electron chi connectivity index (χ3n) is 3.20. The van der Waals surface area contributed by atoms with Crippen molar-refractivity contribution in [3.05, 3.63) is 35.4 Å². The predicted octanol–water partition coefficient (Wildman–Crippen LogP) is 4.02. The van der Waals surface area contributed by atoms with Crippen molar-refractivity contribution in [1.29, 1.82) is 0 Å². The summed E-state index contributed by atoms with van der Waals surface area (Å²) < 4.78 is 26.5. The molecule has 1 nitrogen and oxygen atoms in total. The van der Waals surface area contributed by atoms with Crippen LogP contribution in [0.4, 0.5) is 8.78 Å². The highest BCUT2D eigenvalue weighted by molar-refractivity contribution is 5.25. The molecule has 0 aliphatic rings. The summed E-state index contributed by atoms with van der Waals surface area (Å²) >= 11 is 0. The van der Waals surface area contributed by atoms with Crippen molar-refractivity contribution in [2.75, 3.05) is 6.54 Å². The van der Waals surface area contributed by atoms with E-state index in [0.29, 0.717) is 11.6 Å². The normalized spacial score (nSPS) is 13.7. The van der Waals surface area contributed by atoms with E-state index in [4.69, 9.17) is 0 Å². The van der Waals surface area contributed by atoms with Gasteiger partial charge in [0.25, 0.3) is 0 Å². The van der Waals surface area contributed by atoms with Gasteiger partial charge in [-0.1, -0.05) is 20.8 Å². The molecule has 1 aromatic rings. The second kappa shape index (κ2) is 6.28. The largest absolute Gasteiger partial charge is 0.314 e. The molecule has 0 bridgehead atoms. The molecular formula is C15H23F2N. The summed E-state index contributed by atoms with van der Waals surface area (Å²) in [5.41, 5.74) is 0.466. The summed E-state index contributed by atoms with van der Waals surface area (Å²) in [6.45, 7) is 9.23. The molecule has 0 aromatic heterocycles. The minimum Gasteiger partial charge on any atom is -0.314 e. The number of nitrogens with one attached hydrogen (secondary N) is 1. The Balaban J connectivity index is 2.78. The first-order chi connectivity index (χ1) is 8.35. The van der Waals surface area contributed by atoms with E-state index < -0.39 is 11.6 Å². The molecule has 0 aliphatic carbocycles. The Kier molecular flexibility index (Phi) is 5.27. The van der Waals surface area contributed by atoms with E-state index in [1.165, 1.54) is 12.1 Å². The second-order valence-corrected chi connectivity index (χ2v) is 5.60. The molecule has 102 valence electrons. The third-order valence-corrected chi connectivity index (χ3v) is 3.20. The first kappa shape index (κ1) is 15.1. The molecule has 18 heavy (non-hydrogen) atoms. The van der Waals surface area contributed by atoms with Crippen molar-refractivity contribution in [1.82, 2.24) is 5.32 Å². The Morgan fingerprint density at radius 2 is 1.72 bits per heavy atom. The van der Waals surface area contributed by atoms with Gasteiger partial charge in [-0.2, -0.15) is 0 Å². The fourth-order valence-electron chi connectivity index (χ4n) is 2.29. The van der Waals surface area contributed by atoms with Gasteiger partial charge in [0.1, 0.15) is 11.6 Å². The lowest BCUT2D eigenvalue weighted by Gasteiger charge is -2.29. The number of rotatable bonds is 6. The van der Waals surface area contributed by atoms with Crippen LogP contribution < -0.4 is 5.32 Å². The molecule has 0 radical (unpaired) electrons. The molecular weight excluding hydrogens is 232 g/mol. The molecule has 1 unspecified atom stereocenters. The van der Waals surface area contributed by atoms with E-state index in [2.05, 4.69) is 19.2 Å². The Hall–Kier alpha value is -0.960. The standard InChI is InChI=1S/C15H23F2N/c1-5-6-18-11(2)10-15(3,4)12-7-13(16)9-14(17)8-12/h7-9,11,18H,5-6,10H2,1-4H3. The highest BCUT2D eigenvalue weighted by Crippen LogP contribution is 2.29. The average molecular weight is 255 g/mol. The average Bonchev–Trinajstić information content (AvgIpc) is 2.24. The van der Waals surface area contributed by atoms with Gasteiger partial charge in [0.15, 0.2) is 0 Å². The minimum absolute atomic E-state index is 0.247. The fraction of sp³-hybridized carbons (Fsp3) is 0.600. The summed E-state index contributed by atoms with van der Waals surface area (Å²) in [6, 6.07) is 4.09. The zero-order valence-corrected chi connectivity index (χ0v) is 11.7. The minimum atomic E-state index is -0.507. The number of halogens is 2. The SMILES string of the molecule is CCCNC(C)CC(C)(C)c1cc(F)cc(F)c1. The van der Waals surface area contributed by atoms with Crippen molar-refractivity contribution in [3.8, 4) is 0 Å². The van der Waals surface area contributed by atoms with Crippen molar-refractivity contribution < 1.29 is 8.78 Å². The number of hydrogen-bond acceptors (Lipinski definition) is 1. The quantitative estimate of drug-likeness (QED) is 0.809. The molecule has 0 spiro atoms. The van der Waals surface area contributed by atoms with Gasteiger partial charge < -0.3 is 5.32 Å². The van der Waals surface area contributed by atoms with Gasteiger partial charge in [0.05, 0.1) is 0 Å². The van der Waals surface area contributed by atoms with Crippen LogP contribution in [-0.2, 0) is 5.41 Å². The van der Waals surface area contributed by atoms with Crippen molar-refractivity contribution in [2.24, 2.45) is 0 Å². The van der Waals surface area contributed by atoms with Gasteiger partial charge in [-0.25, -0.2) is 8.78 Å². The molecule has 3 heteroatoms. The van der Waals surface area contributed by atoms with E-state index in [1.54, 1.807) is 0 Å². The first-order valence-corrected chi connectivity index (χ1v) is 6.55. The summed E-state index contributed by atoms with van der Waals surface area (Å²) in [4.78, 5) is 0. The second-order valence-electron chi connectivity index (χ2n) is 5.60. The highest BCUT2D eigenvalue weighted by Gasteiger charge is 2.24. The van der Waals surface area contributed by atoms with Crippen LogP contribution in [0.25, 0.3) is 0 Å². The zero-order chi connectivity index (χ0) is 13.8. The summed E-state index contributed by atoms with van der Waals surface area (Å²) in [5.74, 6) is -1.01. The topological polar surface area (TPSA) is 12.0 Å². The Morgan fingerprint density at radius 3 is 2.22 bits per heavy atom. The molecule has 0 saturated heterocycles. The van der Waals surface area contributed by atoms with Crippen LogP contribution in [0.5, 0.6) is 0 Å². The summed E-state index contributed by atoms with van der Waals surface area (Å²) in [5, 5.41) is 3.40. The third kappa shape index (κ3) is 4.37. The van der Waals surface area contributed by atoms with E-state index in [1.807, 2.05) is 13.8 Å². The van der Waals surface area contributed by atoms with Gasteiger partial charge >= 0.3 is 0 Å². The van der Waals surface area contributed by atoms with Gasteiger partial charge in [-0.3, -0.25) is 0 Å². The van der Waals surface area contributed by atoms with Crippen LogP contribution >= 0.6 is 0 Å². The predicted molar refractivity (Wildman–Crippen MR) is 71.8 cm³/mol. The van der Waals surface area contributed by atoms with Crippen LogP contribution in [0.1, 0.15) is 46.1 Å². The van der Waals surface area contributed by atoms with Gasteiger partial charge in [-0.05, 0) is 49.4 Å². The van der Waals surface area contributed by atoms with Crippen LogP contribution in [-0.4, -0.2) is 12.6 Å². The monoisotopic (exact) mass is 255 g/mol. The molecule has 0 aliphatic heterocycles. The first-order valence-electron chi connectivity index (χ1n) is 6.55. The van der Waals surface area contributed by atoms with Crippen molar-refractivity contribution in [2.45, 2.75) is 52.0 Å². The van der Waals surface area contributed by atoms with Crippen LogP contribution in [0.15, 0.2) is 18.2 Å². The van der Waals surface area contributed by atoms with Crippen LogP contribution in [0, 0.1) is 11.6 Å². The van der Waals surface area contributed by atoms with E-state index in [9.17, 15) is 8.78 Å². The smallest absolute Gasteiger partial charge is 0.126 e. The van der Waals surface area contributed by atoms with Crippen molar-refractivity contribution >= 4 is 0 Å². The molecule has 0 amide bonds. The summed E-state index contributed by atoms with van der Waals surface area (Å²) in [6.07, 6.45) is 1.93. The maximum Gasteiger partial charge on any atom is 0.126 e. The molecule has 1 atom stereocenters. The maximum absolute atomic E-state index is 13.2. The maximum atomic E-state index is 13.2. The Bertz CT molecular complexity index is 368. The number of hydrogen-bond donors (Lipinski definition) is 1. The molecule has 1 rings (SSSR count). The molecule has 0 heterocycles. The molecule has 0 saturated carbocycles. The van der Waals surface area contributed by atoms with Crippen molar-refractivity contribution in [3.63, 3.8) is 0 Å². The zero-order valence-electron chi connectivity index (χ0n) is 11.7. The molecule has 1 N–H and O–H groups in total. The Labute approximate surface area is 109 Å². The lowest BCUT2D eigenvalue weighted by atomic mass is 9.79. The van der Waals surface area contributed by atoms with Gasteiger partial charge in [-0.15, -0.1) is 0 Å². The van der Waals surface area contributed by atoms with E-state index in [0.717, 1.165) is 25.5 Å². The molecule has 0 fully saturated rings. The summed E-state index contributed by atoms with van der Waals surface area (Å²) in [7, 11) is 0. The van der Waals surface area contributed by atoms with Gasteiger partial charge in [0.2, 0.25) is 0 Å². The lowest BCUT2D eigenvalue weighted by Crippen LogP contribution is -2.33. The lowest BCUT2D eigenvalue weighted by molar-refractivity contribution is 0.386. The van der Waals surface area contributed by atoms with Crippen LogP contribution in [0.2, 0.25) is 0 Å². The van der Waals surface area contributed by atoms with E-state index in [-0.39, 0.29) is 5.41 Å². The fourth-order valence-corrected chi connectivity index (χ4v) is 2.29. The van der Waals surface area contributed by atoms with Gasteiger partial charge in [0, 0.05) is 12.1 Å².